The molecule has 0 N–H and O–H groups in total. The molecule has 0 saturated carbocycles. The van der Waals surface area contributed by atoms with Crippen molar-refractivity contribution in [2.45, 2.75) is 6.42 Å². The highest BCUT2D eigenvalue weighted by Gasteiger charge is 2.94. The van der Waals surface area contributed by atoms with Crippen molar-refractivity contribution in [3.8, 4) is 11.1 Å². The van der Waals surface area contributed by atoms with E-state index in [-0.39, 0.29) is 0 Å². The largest absolute Gasteiger partial charge is 0.121 e. The van der Waals surface area contributed by atoms with Crippen molar-refractivity contribution in [3.63, 3.8) is 0 Å². The van der Waals surface area contributed by atoms with E-state index in [1.54, 1.807) is 47.1 Å². The summed E-state index contributed by atoms with van der Waals surface area (Å²) in [5.41, 5.74) is 5.78. The summed E-state index contributed by atoms with van der Waals surface area (Å²) in [6.07, 6.45) is 0.931. The van der Waals surface area contributed by atoms with Crippen LogP contribution in [-0.2, 0) is 6.42 Å². The van der Waals surface area contributed by atoms with Gasteiger partial charge in [-0.2, -0.15) is 0 Å². The van der Waals surface area contributed by atoms with Crippen molar-refractivity contribution in [2.24, 2.45) is 0 Å². The first-order valence-corrected chi connectivity index (χ1v) is 37.1. The van der Waals surface area contributed by atoms with Crippen LogP contribution in [0.25, 0.3) is 43.4 Å². The molecule has 14 rings (SSSR count). The van der Waals surface area contributed by atoms with Crippen LogP contribution in [0, 0.1) is 0 Å². The predicted octanol–water partition coefficient (Wildman–Crippen LogP) is 10.4. The van der Waals surface area contributed by atoms with Crippen LogP contribution in [0.5, 0.6) is 0 Å². The first-order valence-electron chi connectivity index (χ1n) is 25.1. The molecule has 334 valence electrons. The molecule has 2 aliphatic rings. The minimum Gasteiger partial charge on any atom is -0.0631 e. The maximum absolute atomic E-state index is 3.36. The monoisotopic (exact) mass is 966 g/mol. The Morgan fingerprint density at radius 2 is 0.535 bits per heavy atom. The van der Waals surface area contributed by atoms with Crippen molar-refractivity contribution in [1.82, 2.24) is 0 Å². The van der Waals surface area contributed by atoms with Crippen LogP contribution in [0.2, 0.25) is 0 Å². The van der Waals surface area contributed by atoms with E-state index in [1.165, 1.54) is 49.0 Å². The lowest BCUT2D eigenvalue weighted by molar-refractivity contribution is 1.28. The van der Waals surface area contributed by atoms with Gasteiger partial charge < -0.3 is 0 Å². The van der Waals surface area contributed by atoms with Gasteiger partial charge in [-0.15, -0.1) is 0 Å². The second-order valence-electron chi connectivity index (χ2n) is 19.7. The van der Waals surface area contributed by atoms with E-state index in [4.69, 9.17) is 0 Å². The summed E-state index contributed by atoms with van der Waals surface area (Å²) in [7, 11) is -13.4. The average molecular weight is 967 g/mol. The summed E-state index contributed by atoms with van der Waals surface area (Å²) in [5, 5.41) is 20.5. The second-order valence-corrected chi connectivity index (χ2v) is 54.3. The fourth-order valence-electron chi connectivity index (χ4n) is 14.9. The molecule has 71 heavy (non-hydrogen) atoms. The standard InChI is InChI=1S/C67H50Si4/c1-7-27-51(28-8-1)68(52-29-9-2-10-30-52)70(55-35-15-5-16-36-55,57-46-47-64-62-42-22-21-40-60(62)61-41-23-24-43-63(61)65(64)49-57)69(53-31-11-3-12-32-53,54-33-13-4-14-34-54)71(68,56-37-17-6-18-38-56)67-45-25-44-59-58-39-20-19-26-50(58)48-66(59)67/h1-47,49H,48H2. The predicted molar refractivity (Wildman–Crippen MR) is 312 cm³/mol. The van der Waals surface area contributed by atoms with Crippen molar-refractivity contribution in [3.05, 3.63) is 302 Å². The summed E-state index contributed by atoms with van der Waals surface area (Å²) in [4.78, 5) is 0. The summed E-state index contributed by atoms with van der Waals surface area (Å²) >= 11 is 0. The van der Waals surface area contributed by atoms with Crippen molar-refractivity contribution in [1.29, 1.82) is 0 Å². The summed E-state index contributed by atoms with van der Waals surface area (Å²) in [5.74, 6) is 0. The van der Waals surface area contributed by atoms with E-state index < -0.39 is 28.4 Å². The quantitative estimate of drug-likeness (QED) is 0.105. The Morgan fingerprint density at radius 1 is 0.211 bits per heavy atom. The van der Waals surface area contributed by atoms with Gasteiger partial charge in [0.1, 0.15) is 28.4 Å². The Balaban J connectivity index is 1.32. The topological polar surface area (TPSA) is 0 Å². The smallest absolute Gasteiger partial charge is 0.0631 e. The number of hydrogen-bond acceptors (Lipinski definition) is 0. The third-order valence-corrected chi connectivity index (χ3v) is 94.3. The third kappa shape index (κ3) is 5.42. The maximum atomic E-state index is 2.78. The average Bonchev–Trinajstić information content (AvgIpc) is 3.87. The molecule has 12 aromatic carbocycles. The molecule has 1 heterocycles. The van der Waals surface area contributed by atoms with E-state index in [0.717, 1.165) is 6.42 Å². The zero-order chi connectivity index (χ0) is 47.0. The van der Waals surface area contributed by atoms with Gasteiger partial charge in [0.25, 0.3) is 0 Å². The first kappa shape index (κ1) is 42.2. The molecule has 1 fully saturated rings. The molecule has 12 aromatic rings. The molecule has 1 aliphatic heterocycles. The molecule has 0 spiro atoms. The Kier molecular flexibility index (Phi) is 9.77. The van der Waals surface area contributed by atoms with E-state index >= 15 is 0 Å². The Bertz CT molecular complexity index is 3750. The fourth-order valence-corrected chi connectivity index (χ4v) is 137. The zero-order valence-electron chi connectivity index (χ0n) is 39.4. The molecule has 0 amide bonds. The third-order valence-electron chi connectivity index (χ3n) is 16.9. The van der Waals surface area contributed by atoms with E-state index in [0.29, 0.717) is 0 Å². The van der Waals surface area contributed by atoms with Crippen molar-refractivity contribution < 1.29 is 0 Å². The van der Waals surface area contributed by atoms with Gasteiger partial charge in [-0.3, -0.25) is 0 Å². The second kappa shape index (κ2) is 16.4. The molecule has 0 nitrogen and oxygen atoms in total. The van der Waals surface area contributed by atoms with E-state index in [9.17, 15) is 0 Å². The summed E-state index contributed by atoms with van der Waals surface area (Å²) in [6, 6.07) is 116. The van der Waals surface area contributed by atoms with E-state index in [1.807, 2.05) is 0 Å². The van der Waals surface area contributed by atoms with Gasteiger partial charge in [0.2, 0.25) is 0 Å². The molecule has 0 bridgehead atoms. The van der Waals surface area contributed by atoms with Gasteiger partial charge in [-0.1, -0.05) is 333 Å². The lowest BCUT2D eigenvalue weighted by Crippen LogP contribution is -3.25. The summed E-state index contributed by atoms with van der Waals surface area (Å²) < 4.78 is 0. The molecular formula is C67H50Si4. The van der Waals surface area contributed by atoms with Crippen LogP contribution >= 0.6 is 0 Å². The van der Waals surface area contributed by atoms with Gasteiger partial charge >= 0.3 is 0 Å². The SMILES string of the molecule is c1ccc([Si]2(c3ccc4c5ccccc5c5ccccc5c4c3)[Si](c3ccccc3)(c3ccccc3)[Si](c3ccccc3)(c3cccc4c3Cc3ccccc3-4)[Si]2(c2ccccc2)c2ccccc2)cc1. The number of rotatable bonds is 8. The molecule has 1 saturated heterocycles. The molecule has 0 unspecified atom stereocenters. The van der Waals surface area contributed by atoms with Crippen molar-refractivity contribution in [2.75, 3.05) is 0 Å². The number of benzene rings is 12. The summed E-state index contributed by atoms with van der Waals surface area (Å²) in [6.45, 7) is 0. The fraction of sp³-hybridized carbons (Fsp3) is 0.0149. The van der Waals surface area contributed by atoms with Gasteiger partial charge in [-0.25, -0.2) is 0 Å². The normalized spacial score (nSPS) is 18.4. The highest BCUT2D eigenvalue weighted by molar-refractivity contribution is 8.27. The van der Waals surface area contributed by atoms with Crippen LogP contribution in [0.15, 0.2) is 291 Å². The number of fused-ring (bicyclic) bond motifs is 9. The molecule has 4 heteroatoms. The Hall–Kier alpha value is -7.71. The Labute approximate surface area is 419 Å². The van der Waals surface area contributed by atoms with Crippen LogP contribution in [0.1, 0.15) is 11.1 Å². The van der Waals surface area contributed by atoms with E-state index in [2.05, 4.69) is 291 Å². The van der Waals surface area contributed by atoms with Gasteiger partial charge in [0, 0.05) is 0 Å². The van der Waals surface area contributed by atoms with Crippen LogP contribution < -0.4 is 41.5 Å². The van der Waals surface area contributed by atoms with Crippen LogP contribution in [0.4, 0.5) is 0 Å². The van der Waals surface area contributed by atoms with Crippen molar-refractivity contribution >= 4 is 102 Å². The first-order chi connectivity index (χ1) is 35.3. The van der Waals surface area contributed by atoms with Gasteiger partial charge in [-0.05, 0) is 61.0 Å². The van der Waals surface area contributed by atoms with Crippen LogP contribution in [0.3, 0.4) is 0 Å². The number of hydrogen-bond donors (Lipinski definition) is 0. The molecular weight excluding hydrogens is 917 g/mol. The maximum Gasteiger partial charge on any atom is 0.121 e. The van der Waals surface area contributed by atoms with Gasteiger partial charge in [0.05, 0.1) is 0 Å². The van der Waals surface area contributed by atoms with Crippen LogP contribution in [-0.4, -0.2) is 28.4 Å². The molecule has 0 aromatic heterocycles. The molecule has 1 aliphatic carbocycles. The highest BCUT2D eigenvalue weighted by Crippen LogP contribution is 2.52. The lowest BCUT2D eigenvalue weighted by atomic mass is 9.94. The molecule has 0 atom stereocenters. The molecule has 0 radical (unpaired) electrons. The van der Waals surface area contributed by atoms with Gasteiger partial charge in [0.15, 0.2) is 0 Å². The zero-order valence-corrected chi connectivity index (χ0v) is 43.4. The Morgan fingerprint density at radius 3 is 0.972 bits per heavy atom. The lowest BCUT2D eigenvalue weighted by Gasteiger charge is -2.79. The highest BCUT2D eigenvalue weighted by atomic mass is 30.2. The minimum absolute atomic E-state index is 0.931. The minimum atomic E-state index is -3.36.